The summed E-state index contributed by atoms with van der Waals surface area (Å²) in [5, 5.41) is 0. The topological polar surface area (TPSA) is 97.5 Å². The van der Waals surface area contributed by atoms with Gasteiger partial charge in [0.1, 0.15) is 0 Å². The maximum Gasteiger partial charge on any atom is 0.211 e. The van der Waals surface area contributed by atoms with E-state index in [9.17, 15) is 16.8 Å². The molecule has 1 heterocycles. The summed E-state index contributed by atoms with van der Waals surface area (Å²) >= 11 is 0. The Kier molecular flexibility index (Phi) is 5.71. The molecular weight excluding hydrogens is 384 g/mol. The van der Waals surface area contributed by atoms with Crippen LogP contribution in [0.5, 0.6) is 0 Å². The second-order valence-electron chi connectivity index (χ2n) is 6.96. The molecule has 2 aromatic carbocycles. The van der Waals surface area contributed by atoms with E-state index in [0.29, 0.717) is 19.5 Å². The van der Waals surface area contributed by atoms with Crippen molar-refractivity contribution in [1.29, 1.82) is 0 Å². The third-order valence-electron chi connectivity index (χ3n) is 4.99. The van der Waals surface area contributed by atoms with E-state index >= 15 is 0 Å². The van der Waals surface area contributed by atoms with E-state index in [4.69, 9.17) is 5.73 Å². The average molecular weight is 409 g/mol. The Balaban J connectivity index is 1.86. The largest absolute Gasteiger partial charge is 0.326 e. The molecule has 8 heteroatoms. The van der Waals surface area contributed by atoms with Gasteiger partial charge in [-0.1, -0.05) is 42.5 Å². The minimum absolute atomic E-state index is 0.0132. The first-order valence-electron chi connectivity index (χ1n) is 8.74. The standard InChI is InChI=1S/C19H24N2O4S2/c1-26(22,23)21-13-17(16-5-3-2-4-6-16)11-18(21)14-27(24,25)19-9-7-15(12-20)8-10-19/h2-10,17-18H,11-14,20H2,1H3/t17-,18-/m1/s1. The molecule has 2 aromatic rings. The Morgan fingerprint density at radius 1 is 1.00 bits per heavy atom. The predicted molar refractivity (Wildman–Crippen MR) is 106 cm³/mol. The Bertz CT molecular complexity index is 988. The van der Waals surface area contributed by atoms with Crippen LogP contribution < -0.4 is 5.73 Å². The molecule has 1 fully saturated rings. The molecule has 0 aromatic heterocycles. The van der Waals surface area contributed by atoms with Crippen LogP contribution in [0.3, 0.4) is 0 Å². The number of sulfone groups is 1. The second-order valence-corrected chi connectivity index (χ2v) is 10.9. The molecule has 1 saturated heterocycles. The lowest BCUT2D eigenvalue weighted by molar-refractivity contribution is 0.410. The summed E-state index contributed by atoms with van der Waals surface area (Å²) in [5.74, 6) is -0.244. The normalized spacial score (nSPS) is 21.4. The van der Waals surface area contributed by atoms with E-state index in [1.807, 2.05) is 30.3 Å². The molecule has 2 atom stereocenters. The van der Waals surface area contributed by atoms with Gasteiger partial charge in [-0.05, 0) is 35.6 Å². The summed E-state index contributed by atoms with van der Waals surface area (Å²) in [6, 6.07) is 15.5. The number of nitrogens with two attached hydrogens (primary N) is 1. The molecule has 0 unspecified atom stereocenters. The van der Waals surface area contributed by atoms with Gasteiger partial charge < -0.3 is 5.73 Å². The van der Waals surface area contributed by atoms with Gasteiger partial charge in [-0.25, -0.2) is 16.8 Å². The van der Waals surface area contributed by atoms with Gasteiger partial charge in [0.2, 0.25) is 10.0 Å². The van der Waals surface area contributed by atoms with Crippen molar-refractivity contribution in [2.24, 2.45) is 5.73 Å². The SMILES string of the molecule is CS(=O)(=O)N1C[C@H](c2ccccc2)C[C@@H]1CS(=O)(=O)c1ccc(CN)cc1. The average Bonchev–Trinajstić information content (AvgIpc) is 3.06. The van der Waals surface area contributed by atoms with Crippen LogP contribution in [-0.4, -0.2) is 45.7 Å². The van der Waals surface area contributed by atoms with Crippen LogP contribution in [0.2, 0.25) is 0 Å². The lowest BCUT2D eigenvalue weighted by atomic mass is 9.97. The summed E-state index contributed by atoms with van der Waals surface area (Å²) in [6.07, 6.45) is 1.62. The predicted octanol–water partition coefficient (Wildman–Crippen LogP) is 1.74. The Hall–Kier alpha value is -1.74. The zero-order chi connectivity index (χ0) is 19.7. The number of benzene rings is 2. The van der Waals surface area contributed by atoms with Crippen molar-refractivity contribution in [3.05, 3.63) is 65.7 Å². The van der Waals surface area contributed by atoms with Crippen molar-refractivity contribution in [3.8, 4) is 0 Å². The van der Waals surface area contributed by atoms with Gasteiger partial charge in [0.05, 0.1) is 16.9 Å². The van der Waals surface area contributed by atoms with E-state index in [0.717, 1.165) is 17.4 Å². The first kappa shape index (κ1) is 20.0. The van der Waals surface area contributed by atoms with Gasteiger partial charge in [0.15, 0.2) is 9.84 Å². The first-order chi connectivity index (χ1) is 12.7. The quantitative estimate of drug-likeness (QED) is 0.785. The van der Waals surface area contributed by atoms with Crippen LogP contribution in [0.25, 0.3) is 0 Å². The number of rotatable bonds is 6. The van der Waals surface area contributed by atoms with Gasteiger partial charge in [0.25, 0.3) is 0 Å². The molecule has 1 aliphatic rings. The molecule has 27 heavy (non-hydrogen) atoms. The van der Waals surface area contributed by atoms with Crippen molar-refractivity contribution < 1.29 is 16.8 Å². The van der Waals surface area contributed by atoms with Crippen LogP contribution in [0.1, 0.15) is 23.5 Å². The molecule has 0 saturated carbocycles. The second kappa shape index (κ2) is 7.71. The smallest absolute Gasteiger partial charge is 0.211 e. The molecule has 0 bridgehead atoms. The fourth-order valence-corrected chi connectivity index (χ4v) is 6.41. The Morgan fingerprint density at radius 3 is 2.19 bits per heavy atom. The fourth-order valence-electron chi connectivity index (χ4n) is 3.59. The van der Waals surface area contributed by atoms with E-state index in [2.05, 4.69) is 0 Å². The highest BCUT2D eigenvalue weighted by Gasteiger charge is 2.40. The van der Waals surface area contributed by atoms with Crippen molar-refractivity contribution in [1.82, 2.24) is 4.31 Å². The molecule has 0 aliphatic carbocycles. The Morgan fingerprint density at radius 2 is 1.63 bits per heavy atom. The fraction of sp³-hybridized carbons (Fsp3) is 0.368. The number of nitrogens with zero attached hydrogens (tertiary/aromatic N) is 1. The van der Waals surface area contributed by atoms with E-state index < -0.39 is 25.9 Å². The first-order valence-corrected chi connectivity index (χ1v) is 12.2. The maximum absolute atomic E-state index is 12.9. The van der Waals surface area contributed by atoms with Crippen LogP contribution in [-0.2, 0) is 26.4 Å². The zero-order valence-electron chi connectivity index (χ0n) is 15.2. The molecule has 0 amide bonds. The molecule has 1 aliphatic heterocycles. The van der Waals surface area contributed by atoms with E-state index in [-0.39, 0.29) is 16.6 Å². The lowest BCUT2D eigenvalue weighted by Gasteiger charge is -2.21. The third kappa shape index (κ3) is 4.57. The van der Waals surface area contributed by atoms with Crippen molar-refractivity contribution in [2.45, 2.75) is 29.8 Å². The van der Waals surface area contributed by atoms with Gasteiger partial charge in [0, 0.05) is 19.1 Å². The van der Waals surface area contributed by atoms with Crippen LogP contribution in [0.4, 0.5) is 0 Å². The molecule has 0 spiro atoms. The van der Waals surface area contributed by atoms with Gasteiger partial charge in [-0.2, -0.15) is 4.31 Å². The molecule has 0 radical (unpaired) electrons. The van der Waals surface area contributed by atoms with Gasteiger partial charge in [-0.3, -0.25) is 0 Å². The van der Waals surface area contributed by atoms with Crippen LogP contribution >= 0.6 is 0 Å². The summed E-state index contributed by atoms with van der Waals surface area (Å²) < 4.78 is 51.5. The number of hydrogen-bond acceptors (Lipinski definition) is 5. The van der Waals surface area contributed by atoms with Crippen LogP contribution in [0, 0.1) is 0 Å². The van der Waals surface area contributed by atoms with E-state index in [1.54, 1.807) is 12.1 Å². The highest BCUT2D eigenvalue weighted by Crippen LogP contribution is 2.34. The third-order valence-corrected chi connectivity index (χ3v) is 8.10. The Labute approximate surface area is 161 Å². The maximum atomic E-state index is 12.9. The molecular formula is C19H24N2O4S2. The van der Waals surface area contributed by atoms with Crippen molar-refractivity contribution in [3.63, 3.8) is 0 Å². The lowest BCUT2D eigenvalue weighted by Crippen LogP contribution is -2.39. The highest BCUT2D eigenvalue weighted by molar-refractivity contribution is 7.91. The van der Waals surface area contributed by atoms with Crippen molar-refractivity contribution >= 4 is 19.9 Å². The van der Waals surface area contributed by atoms with Gasteiger partial charge in [-0.15, -0.1) is 0 Å². The number of hydrogen-bond donors (Lipinski definition) is 1. The summed E-state index contributed by atoms with van der Waals surface area (Å²) in [4.78, 5) is 0.191. The van der Waals surface area contributed by atoms with Gasteiger partial charge >= 0.3 is 0 Å². The summed E-state index contributed by atoms with van der Waals surface area (Å²) in [6.45, 7) is 0.638. The number of sulfonamides is 1. The minimum atomic E-state index is -3.61. The summed E-state index contributed by atoms with van der Waals surface area (Å²) in [5.41, 5.74) is 7.43. The van der Waals surface area contributed by atoms with Crippen molar-refractivity contribution in [2.75, 3.05) is 18.6 Å². The monoisotopic (exact) mass is 408 g/mol. The molecule has 6 nitrogen and oxygen atoms in total. The van der Waals surface area contributed by atoms with E-state index in [1.165, 1.54) is 16.4 Å². The molecule has 3 rings (SSSR count). The zero-order valence-corrected chi connectivity index (χ0v) is 16.8. The highest BCUT2D eigenvalue weighted by atomic mass is 32.2. The minimum Gasteiger partial charge on any atom is -0.326 e. The molecule has 146 valence electrons. The van der Waals surface area contributed by atoms with Crippen LogP contribution in [0.15, 0.2) is 59.5 Å². The summed E-state index contributed by atoms with van der Waals surface area (Å²) in [7, 11) is -7.12. The molecule has 2 N–H and O–H groups in total.